The minimum absolute atomic E-state index is 0.513. The molecule has 1 rings (SSSR count). The molecule has 2 N–H and O–H groups in total. The summed E-state index contributed by atoms with van der Waals surface area (Å²) >= 11 is 0. The lowest BCUT2D eigenvalue weighted by atomic mass is 10.4. The molecule has 1 fully saturated rings. The smallest absolute Gasteiger partial charge is 0.479 e. The molecule has 13 heavy (non-hydrogen) atoms. The van der Waals surface area contributed by atoms with E-state index in [1.54, 1.807) is 0 Å². The summed E-state index contributed by atoms with van der Waals surface area (Å²) in [7, 11) is 0. The molecular weight excluding hydrogens is 180 g/mol. The molecular formula is C7H12O6. The van der Waals surface area contributed by atoms with Crippen molar-refractivity contribution < 1.29 is 29.3 Å². The van der Waals surface area contributed by atoms with Gasteiger partial charge in [0.15, 0.2) is 0 Å². The van der Waals surface area contributed by atoms with Crippen LogP contribution in [-0.4, -0.2) is 41.7 Å². The maximum absolute atomic E-state index is 10.0. The fraction of sp³-hybridized carbons (Fsp3) is 0.714. The normalized spacial score (nSPS) is 17.2. The van der Waals surface area contributed by atoms with Gasteiger partial charge in [0.05, 0.1) is 13.2 Å². The van der Waals surface area contributed by atoms with Crippen molar-refractivity contribution in [3.05, 3.63) is 0 Å². The SMILES string of the molecule is C[C@H](O)C(=O)O.O=C1OCCCO1. The van der Waals surface area contributed by atoms with Gasteiger partial charge in [-0.2, -0.15) is 0 Å². The highest BCUT2D eigenvalue weighted by atomic mass is 16.7. The van der Waals surface area contributed by atoms with E-state index in [1.165, 1.54) is 6.92 Å². The number of ether oxygens (including phenoxy) is 2. The Labute approximate surface area is 75.1 Å². The van der Waals surface area contributed by atoms with Crippen molar-refractivity contribution in [2.75, 3.05) is 13.2 Å². The summed E-state index contributed by atoms with van der Waals surface area (Å²) < 4.78 is 8.83. The lowest BCUT2D eigenvalue weighted by Crippen LogP contribution is -2.16. The first-order valence-electron chi connectivity index (χ1n) is 3.74. The van der Waals surface area contributed by atoms with E-state index >= 15 is 0 Å². The van der Waals surface area contributed by atoms with Gasteiger partial charge in [-0.25, -0.2) is 9.59 Å². The third-order valence-electron chi connectivity index (χ3n) is 1.09. The van der Waals surface area contributed by atoms with Gasteiger partial charge in [-0.1, -0.05) is 0 Å². The topological polar surface area (TPSA) is 93.1 Å². The van der Waals surface area contributed by atoms with E-state index in [4.69, 9.17) is 10.2 Å². The maximum Gasteiger partial charge on any atom is 0.508 e. The van der Waals surface area contributed by atoms with Crippen LogP contribution in [0.25, 0.3) is 0 Å². The second-order valence-corrected chi connectivity index (χ2v) is 2.31. The van der Waals surface area contributed by atoms with Crippen LogP contribution in [0, 0.1) is 0 Å². The van der Waals surface area contributed by atoms with E-state index in [1.807, 2.05) is 0 Å². The molecule has 1 aliphatic heterocycles. The van der Waals surface area contributed by atoms with Gasteiger partial charge in [0.1, 0.15) is 6.10 Å². The average molecular weight is 192 g/mol. The summed E-state index contributed by atoms with van der Waals surface area (Å²) in [4.78, 5) is 19.5. The first-order valence-corrected chi connectivity index (χ1v) is 3.74. The number of aliphatic hydroxyl groups is 1. The molecule has 0 saturated carbocycles. The molecule has 0 aliphatic carbocycles. The predicted molar refractivity (Wildman–Crippen MR) is 41.2 cm³/mol. The Morgan fingerprint density at radius 1 is 1.46 bits per heavy atom. The van der Waals surface area contributed by atoms with Gasteiger partial charge in [-0.3, -0.25) is 0 Å². The Balaban J connectivity index is 0.000000226. The largest absolute Gasteiger partial charge is 0.508 e. The molecule has 0 aromatic carbocycles. The summed E-state index contributed by atoms with van der Waals surface area (Å²) in [5.74, 6) is -1.19. The maximum atomic E-state index is 10.0. The molecule has 0 bridgehead atoms. The van der Waals surface area contributed by atoms with Gasteiger partial charge in [0.2, 0.25) is 0 Å². The molecule has 6 nitrogen and oxygen atoms in total. The highest BCUT2D eigenvalue weighted by Gasteiger charge is 2.07. The van der Waals surface area contributed by atoms with E-state index in [0.29, 0.717) is 13.2 Å². The molecule has 1 atom stereocenters. The standard InChI is InChI=1S/C4H6O3.C3H6O3/c5-4-6-2-1-3-7-4;1-2(4)3(5)6/h1-3H2;2,4H,1H3,(H,5,6)/t;2-/m.0/s1. The number of carboxylic acid groups (broad SMARTS) is 1. The molecule has 76 valence electrons. The average Bonchev–Trinajstić information content (AvgIpc) is 2.06. The number of aliphatic hydroxyl groups excluding tert-OH is 1. The molecule has 1 saturated heterocycles. The number of rotatable bonds is 1. The van der Waals surface area contributed by atoms with Gasteiger partial charge < -0.3 is 19.7 Å². The number of hydrogen-bond donors (Lipinski definition) is 2. The second-order valence-electron chi connectivity index (χ2n) is 2.31. The van der Waals surface area contributed by atoms with Crippen LogP contribution in [0.1, 0.15) is 13.3 Å². The molecule has 0 amide bonds. The summed E-state index contributed by atoms with van der Waals surface area (Å²) in [6.45, 7) is 2.22. The second kappa shape index (κ2) is 6.24. The minimum Gasteiger partial charge on any atom is -0.479 e. The number of aliphatic carboxylic acids is 1. The monoisotopic (exact) mass is 192 g/mol. The Hall–Kier alpha value is -1.30. The van der Waals surface area contributed by atoms with E-state index in [2.05, 4.69) is 9.47 Å². The molecule has 0 aromatic rings. The van der Waals surface area contributed by atoms with Gasteiger partial charge in [-0.15, -0.1) is 0 Å². The summed E-state index contributed by atoms with van der Waals surface area (Å²) in [6.07, 6.45) is -0.942. The summed E-state index contributed by atoms with van der Waals surface area (Å²) in [5, 5.41) is 15.8. The molecule has 1 heterocycles. The van der Waals surface area contributed by atoms with Crippen LogP contribution < -0.4 is 0 Å². The van der Waals surface area contributed by atoms with Crippen LogP contribution in [0.15, 0.2) is 0 Å². The lowest BCUT2D eigenvalue weighted by molar-refractivity contribution is -0.145. The zero-order chi connectivity index (χ0) is 10.3. The number of hydrogen-bond acceptors (Lipinski definition) is 5. The molecule has 1 aliphatic rings. The zero-order valence-electron chi connectivity index (χ0n) is 7.23. The molecule has 0 unspecified atom stereocenters. The van der Waals surface area contributed by atoms with Gasteiger partial charge >= 0.3 is 12.1 Å². The third kappa shape index (κ3) is 7.07. The molecule has 0 radical (unpaired) electrons. The van der Waals surface area contributed by atoms with Crippen LogP contribution in [-0.2, 0) is 14.3 Å². The first kappa shape index (κ1) is 11.7. The highest BCUT2D eigenvalue weighted by Crippen LogP contribution is 1.95. The quantitative estimate of drug-likeness (QED) is 0.568. The van der Waals surface area contributed by atoms with Crippen molar-refractivity contribution in [3.8, 4) is 0 Å². The van der Waals surface area contributed by atoms with E-state index < -0.39 is 18.2 Å². The fourth-order valence-corrected chi connectivity index (χ4v) is 0.412. The van der Waals surface area contributed by atoms with Crippen LogP contribution >= 0.6 is 0 Å². The third-order valence-corrected chi connectivity index (χ3v) is 1.09. The van der Waals surface area contributed by atoms with Crippen LogP contribution in [0.5, 0.6) is 0 Å². The van der Waals surface area contributed by atoms with Crippen molar-refractivity contribution >= 4 is 12.1 Å². The molecule has 0 spiro atoms. The molecule has 0 aromatic heterocycles. The summed E-state index contributed by atoms with van der Waals surface area (Å²) in [6, 6.07) is 0. The highest BCUT2D eigenvalue weighted by molar-refractivity contribution is 5.71. The number of carbonyl (C=O) groups excluding carboxylic acids is 1. The number of carbonyl (C=O) groups is 2. The minimum atomic E-state index is -1.23. The van der Waals surface area contributed by atoms with Crippen molar-refractivity contribution in [3.63, 3.8) is 0 Å². The van der Waals surface area contributed by atoms with Gasteiger partial charge in [0.25, 0.3) is 0 Å². The van der Waals surface area contributed by atoms with Gasteiger partial charge in [0, 0.05) is 6.42 Å². The molecule has 6 heteroatoms. The summed E-state index contributed by atoms with van der Waals surface area (Å²) in [5.41, 5.74) is 0. The predicted octanol–water partition coefficient (Wildman–Crippen LogP) is -0.00490. The Morgan fingerprint density at radius 2 is 1.85 bits per heavy atom. The van der Waals surface area contributed by atoms with Crippen molar-refractivity contribution in [1.82, 2.24) is 0 Å². The van der Waals surface area contributed by atoms with Crippen molar-refractivity contribution in [2.24, 2.45) is 0 Å². The van der Waals surface area contributed by atoms with Crippen LogP contribution in [0.4, 0.5) is 4.79 Å². The Morgan fingerprint density at radius 3 is 2.00 bits per heavy atom. The Kier molecular flexibility index (Phi) is 5.62. The van der Waals surface area contributed by atoms with Crippen molar-refractivity contribution in [1.29, 1.82) is 0 Å². The number of carboxylic acids is 1. The van der Waals surface area contributed by atoms with Crippen molar-refractivity contribution in [2.45, 2.75) is 19.4 Å². The van der Waals surface area contributed by atoms with E-state index in [-0.39, 0.29) is 0 Å². The van der Waals surface area contributed by atoms with E-state index in [0.717, 1.165) is 6.42 Å². The van der Waals surface area contributed by atoms with Gasteiger partial charge in [-0.05, 0) is 6.92 Å². The Bertz CT molecular complexity index is 168. The van der Waals surface area contributed by atoms with Crippen LogP contribution in [0.3, 0.4) is 0 Å². The number of cyclic esters (lactones) is 2. The zero-order valence-corrected chi connectivity index (χ0v) is 7.23. The van der Waals surface area contributed by atoms with Crippen LogP contribution in [0.2, 0.25) is 0 Å². The fourth-order valence-electron chi connectivity index (χ4n) is 0.412. The van der Waals surface area contributed by atoms with E-state index in [9.17, 15) is 9.59 Å². The lowest BCUT2D eigenvalue weighted by Gasteiger charge is -2.09. The first-order chi connectivity index (χ1) is 6.04.